The number of hydrogen-bond donors (Lipinski definition) is 1. The number of hydrogen-bond acceptors (Lipinski definition) is 8. The fourth-order valence-corrected chi connectivity index (χ4v) is 5.55. The van der Waals surface area contributed by atoms with Crippen LogP contribution in [0.1, 0.15) is 31.0 Å². The summed E-state index contributed by atoms with van der Waals surface area (Å²) in [6.07, 6.45) is 3.64. The molecule has 1 atom stereocenters. The fourth-order valence-electron chi connectivity index (χ4n) is 3.88. The number of halogens is 1. The molecule has 2 aromatic carbocycles. The molecule has 1 N–H and O–H groups in total. The second kappa shape index (κ2) is 10.3. The van der Waals surface area contributed by atoms with Crippen molar-refractivity contribution in [1.29, 1.82) is 0 Å². The van der Waals surface area contributed by atoms with E-state index in [4.69, 9.17) is 21.1 Å². The molecule has 0 spiro atoms. The van der Waals surface area contributed by atoms with Gasteiger partial charge < -0.3 is 14.6 Å². The van der Waals surface area contributed by atoms with Crippen molar-refractivity contribution in [2.45, 2.75) is 24.8 Å². The van der Waals surface area contributed by atoms with E-state index in [0.29, 0.717) is 26.2 Å². The first-order chi connectivity index (χ1) is 16.8. The lowest BCUT2D eigenvalue weighted by Crippen LogP contribution is -2.39. The minimum absolute atomic E-state index is 0.107. The van der Waals surface area contributed by atoms with Crippen molar-refractivity contribution in [3.63, 3.8) is 0 Å². The molecule has 0 bridgehead atoms. The number of nitrogens with zero attached hydrogens (tertiary/aromatic N) is 2. The first-order valence-corrected chi connectivity index (χ1v) is 13.1. The molecule has 1 aliphatic rings. The maximum Gasteiger partial charge on any atom is 0.338 e. The van der Waals surface area contributed by atoms with Crippen LogP contribution < -0.4 is 19.6 Å². The Morgan fingerprint density at radius 2 is 2.03 bits per heavy atom. The maximum atomic E-state index is 13.7. The van der Waals surface area contributed by atoms with Crippen LogP contribution in [0.5, 0.6) is 11.5 Å². The van der Waals surface area contributed by atoms with Gasteiger partial charge in [0.15, 0.2) is 16.3 Å². The standard InChI is InChI=1S/C25H23ClN2O5S2/c1-5-33-24(31)20-13(2)27-25-28(21(20)15-6-8-16(34-4)9-7-15)23(30)19(35-25)12-14-10-17(26)22(29)18(11-14)32-3/h6-12,21,29H,5H2,1-4H3/b19-12-/t21-/m1/s1. The zero-order chi connectivity index (χ0) is 25.3. The Hall–Kier alpha value is -3.01. The van der Waals surface area contributed by atoms with Gasteiger partial charge in [0, 0.05) is 4.90 Å². The number of thiazole rings is 1. The number of methoxy groups -OCH3 is 1. The summed E-state index contributed by atoms with van der Waals surface area (Å²) < 4.78 is 12.4. The third-order valence-corrected chi connectivity index (χ3v) is 7.53. The topological polar surface area (TPSA) is 90.1 Å². The number of phenolic OH excluding ortho intramolecular Hbond substituents is 1. The van der Waals surface area contributed by atoms with Gasteiger partial charge in [0.05, 0.1) is 40.6 Å². The molecule has 0 unspecified atom stereocenters. The molecule has 0 fully saturated rings. The minimum Gasteiger partial charge on any atom is -0.503 e. The largest absolute Gasteiger partial charge is 0.503 e. The van der Waals surface area contributed by atoms with Crippen LogP contribution in [-0.2, 0) is 9.53 Å². The summed E-state index contributed by atoms with van der Waals surface area (Å²) in [5, 5.41) is 10.1. The summed E-state index contributed by atoms with van der Waals surface area (Å²) in [6.45, 7) is 3.70. The van der Waals surface area contributed by atoms with Crippen molar-refractivity contribution in [2.75, 3.05) is 20.0 Å². The number of carbonyl (C=O) groups is 1. The number of aromatic nitrogens is 1. The van der Waals surface area contributed by atoms with Gasteiger partial charge in [-0.15, -0.1) is 11.8 Å². The Morgan fingerprint density at radius 3 is 2.66 bits per heavy atom. The lowest BCUT2D eigenvalue weighted by Gasteiger charge is -2.24. The lowest BCUT2D eigenvalue weighted by molar-refractivity contribution is -0.139. The number of rotatable bonds is 6. The number of carbonyl (C=O) groups excluding carboxylic acids is 1. The van der Waals surface area contributed by atoms with Gasteiger partial charge in [0.25, 0.3) is 5.56 Å². The molecule has 0 saturated heterocycles. The second-order valence-electron chi connectivity index (χ2n) is 7.63. The molecule has 1 aromatic heterocycles. The molecular weight excluding hydrogens is 508 g/mol. The number of esters is 1. The molecule has 0 saturated carbocycles. The Kier molecular flexibility index (Phi) is 7.39. The zero-order valence-corrected chi connectivity index (χ0v) is 21.9. The van der Waals surface area contributed by atoms with E-state index in [0.717, 1.165) is 10.5 Å². The van der Waals surface area contributed by atoms with Crippen LogP contribution in [-0.4, -0.2) is 35.6 Å². The Balaban J connectivity index is 1.94. The average Bonchev–Trinajstić information content (AvgIpc) is 3.14. The molecule has 182 valence electrons. The van der Waals surface area contributed by atoms with Crippen molar-refractivity contribution in [3.8, 4) is 11.5 Å². The quantitative estimate of drug-likeness (QED) is 0.384. The number of benzene rings is 2. The van der Waals surface area contributed by atoms with Crippen LogP contribution in [0.3, 0.4) is 0 Å². The highest BCUT2D eigenvalue weighted by atomic mass is 35.5. The van der Waals surface area contributed by atoms with Gasteiger partial charge in [-0.2, -0.15) is 0 Å². The minimum atomic E-state index is -0.679. The monoisotopic (exact) mass is 530 g/mol. The maximum absolute atomic E-state index is 13.7. The van der Waals surface area contributed by atoms with Crippen molar-refractivity contribution < 1.29 is 19.4 Å². The number of fused-ring (bicyclic) bond motifs is 1. The van der Waals surface area contributed by atoms with E-state index in [-0.39, 0.29) is 28.7 Å². The van der Waals surface area contributed by atoms with Crippen molar-refractivity contribution in [1.82, 2.24) is 4.57 Å². The molecule has 3 aromatic rings. The summed E-state index contributed by atoms with van der Waals surface area (Å²) in [6, 6.07) is 10.2. The predicted octanol–water partition coefficient (Wildman–Crippen LogP) is 3.89. The van der Waals surface area contributed by atoms with E-state index in [1.54, 1.807) is 43.8 Å². The number of phenols is 1. The molecular formula is C25H23ClN2O5S2. The highest BCUT2D eigenvalue weighted by Crippen LogP contribution is 2.35. The Bertz CT molecular complexity index is 1510. The second-order valence-corrected chi connectivity index (χ2v) is 9.92. The van der Waals surface area contributed by atoms with Crippen LogP contribution in [0.4, 0.5) is 0 Å². The van der Waals surface area contributed by atoms with Crippen molar-refractivity contribution >= 4 is 46.7 Å². The van der Waals surface area contributed by atoms with Crippen LogP contribution in [0, 0.1) is 0 Å². The number of ether oxygens (including phenoxy) is 2. The highest BCUT2D eigenvalue weighted by Gasteiger charge is 2.33. The molecule has 10 heteroatoms. The van der Waals surface area contributed by atoms with E-state index >= 15 is 0 Å². The van der Waals surface area contributed by atoms with Crippen molar-refractivity contribution in [3.05, 3.63) is 83.5 Å². The third kappa shape index (κ3) is 4.76. The number of thioether (sulfide) groups is 1. The average molecular weight is 531 g/mol. The first kappa shape index (κ1) is 25.1. The SMILES string of the molecule is CCOC(=O)C1=C(C)N=c2s/c(=C\c3cc(Cl)c(O)c(OC)c3)c(=O)n2[C@@H]1c1ccc(SC)cc1. The summed E-state index contributed by atoms with van der Waals surface area (Å²) >= 11 is 8.94. The van der Waals surface area contributed by atoms with Gasteiger partial charge in [0.1, 0.15) is 0 Å². The van der Waals surface area contributed by atoms with E-state index in [9.17, 15) is 14.7 Å². The van der Waals surface area contributed by atoms with E-state index in [1.807, 2.05) is 30.5 Å². The van der Waals surface area contributed by atoms with Gasteiger partial charge in [-0.3, -0.25) is 9.36 Å². The molecule has 1 aliphatic heterocycles. The fraction of sp³-hybridized carbons (Fsp3) is 0.240. The molecule has 2 heterocycles. The van der Waals surface area contributed by atoms with E-state index in [1.165, 1.54) is 23.0 Å². The van der Waals surface area contributed by atoms with E-state index in [2.05, 4.69) is 4.99 Å². The van der Waals surface area contributed by atoms with Gasteiger partial charge in [-0.1, -0.05) is 35.1 Å². The van der Waals surface area contributed by atoms with Crippen LogP contribution in [0.15, 0.2) is 62.4 Å². The summed E-state index contributed by atoms with van der Waals surface area (Å²) in [4.78, 5) is 32.7. The molecule has 0 aliphatic carbocycles. The first-order valence-electron chi connectivity index (χ1n) is 10.7. The van der Waals surface area contributed by atoms with Crippen LogP contribution in [0.2, 0.25) is 5.02 Å². The molecule has 7 nitrogen and oxygen atoms in total. The number of allylic oxidation sites excluding steroid dienone is 1. The molecule has 4 rings (SSSR count). The Morgan fingerprint density at radius 1 is 1.31 bits per heavy atom. The van der Waals surface area contributed by atoms with Crippen LogP contribution >= 0.6 is 34.7 Å². The van der Waals surface area contributed by atoms with Gasteiger partial charge in [-0.25, -0.2) is 9.79 Å². The Labute approximate surface area is 215 Å². The van der Waals surface area contributed by atoms with Crippen molar-refractivity contribution in [2.24, 2.45) is 4.99 Å². The predicted molar refractivity (Wildman–Crippen MR) is 138 cm³/mol. The highest BCUT2D eigenvalue weighted by molar-refractivity contribution is 7.98. The van der Waals surface area contributed by atoms with E-state index < -0.39 is 12.0 Å². The normalized spacial score (nSPS) is 15.6. The van der Waals surface area contributed by atoms with Crippen LogP contribution in [0.25, 0.3) is 6.08 Å². The molecule has 0 amide bonds. The number of aromatic hydroxyl groups is 1. The smallest absolute Gasteiger partial charge is 0.338 e. The van der Waals surface area contributed by atoms with Gasteiger partial charge >= 0.3 is 5.97 Å². The summed E-state index contributed by atoms with van der Waals surface area (Å²) in [5.41, 5.74) is 1.89. The summed E-state index contributed by atoms with van der Waals surface area (Å²) in [7, 11) is 1.42. The van der Waals surface area contributed by atoms with Gasteiger partial charge in [0.2, 0.25) is 0 Å². The molecule has 0 radical (unpaired) electrons. The third-order valence-electron chi connectivity index (χ3n) is 5.52. The van der Waals surface area contributed by atoms with Gasteiger partial charge in [-0.05, 0) is 61.6 Å². The lowest BCUT2D eigenvalue weighted by atomic mass is 9.96. The summed E-state index contributed by atoms with van der Waals surface area (Å²) in [5.74, 6) is -0.475. The molecule has 35 heavy (non-hydrogen) atoms. The zero-order valence-electron chi connectivity index (χ0n) is 19.5.